The molecule has 7 nitrogen and oxygen atoms in total. The molecule has 2 rings (SSSR count). The van der Waals surface area contributed by atoms with Crippen LogP contribution in [-0.2, 0) is 9.59 Å². The van der Waals surface area contributed by atoms with Crippen LogP contribution in [0.15, 0.2) is 18.5 Å². The van der Waals surface area contributed by atoms with Gasteiger partial charge < -0.3 is 14.7 Å². The third kappa shape index (κ3) is 3.93. The minimum atomic E-state index is -0.0937. The zero-order valence-corrected chi connectivity index (χ0v) is 13.2. The van der Waals surface area contributed by atoms with E-state index in [1.807, 2.05) is 13.8 Å². The van der Waals surface area contributed by atoms with Crippen molar-refractivity contribution in [3.8, 4) is 0 Å². The summed E-state index contributed by atoms with van der Waals surface area (Å²) in [6.45, 7) is 7.70. The number of piperazine rings is 1. The maximum absolute atomic E-state index is 12.2. The second-order valence-corrected chi connectivity index (χ2v) is 5.16. The van der Waals surface area contributed by atoms with Crippen molar-refractivity contribution in [2.24, 2.45) is 0 Å². The largest absolute Gasteiger partial charge is 0.343 e. The van der Waals surface area contributed by atoms with Crippen molar-refractivity contribution in [2.75, 3.05) is 44.2 Å². The molecule has 1 fully saturated rings. The van der Waals surface area contributed by atoms with Crippen LogP contribution in [0.1, 0.15) is 20.3 Å². The maximum Gasteiger partial charge on any atom is 0.232 e. The molecule has 0 atom stereocenters. The van der Waals surface area contributed by atoms with Crippen LogP contribution in [-0.4, -0.2) is 70.9 Å². The molecular weight excluding hydrogens is 282 g/mol. The van der Waals surface area contributed by atoms with Crippen LogP contribution in [0, 0.1) is 0 Å². The normalized spacial score (nSPS) is 14.8. The Morgan fingerprint density at radius 1 is 1.09 bits per heavy atom. The molecule has 1 aliphatic heterocycles. The summed E-state index contributed by atoms with van der Waals surface area (Å²) in [6.07, 6.45) is 3.38. The van der Waals surface area contributed by atoms with Gasteiger partial charge in [-0.1, -0.05) is 0 Å². The molecule has 1 aromatic rings. The monoisotopic (exact) mass is 305 g/mol. The molecule has 1 aliphatic rings. The molecule has 22 heavy (non-hydrogen) atoms. The number of rotatable bonds is 5. The highest BCUT2D eigenvalue weighted by Gasteiger charge is 2.24. The highest BCUT2D eigenvalue weighted by Crippen LogP contribution is 2.10. The molecule has 1 saturated heterocycles. The van der Waals surface area contributed by atoms with Crippen LogP contribution in [0.25, 0.3) is 0 Å². The zero-order chi connectivity index (χ0) is 15.9. The Balaban J connectivity index is 1.84. The van der Waals surface area contributed by atoms with Crippen LogP contribution in [0.4, 0.5) is 5.95 Å². The molecule has 0 bridgehead atoms. The summed E-state index contributed by atoms with van der Waals surface area (Å²) in [5.74, 6) is 0.503. The smallest absolute Gasteiger partial charge is 0.232 e. The van der Waals surface area contributed by atoms with E-state index in [0.717, 1.165) is 0 Å². The van der Waals surface area contributed by atoms with Gasteiger partial charge in [0, 0.05) is 51.7 Å². The van der Waals surface area contributed by atoms with E-state index >= 15 is 0 Å². The first-order valence-electron chi connectivity index (χ1n) is 7.73. The summed E-state index contributed by atoms with van der Waals surface area (Å²) >= 11 is 0. The van der Waals surface area contributed by atoms with Crippen molar-refractivity contribution in [1.82, 2.24) is 19.8 Å². The van der Waals surface area contributed by atoms with Crippen molar-refractivity contribution in [3.63, 3.8) is 0 Å². The van der Waals surface area contributed by atoms with Gasteiger partial charge in [-0.3, -0.25) is 9.59 Å². The number of hydrogen-bond donors (Lipinski definition) is 0. The quantitative estimate of drug-likeness (QED) is 0.736. The van der Waals surface area contributed by atoms with E-state index in [-0.39, 0.29) is 18.2 Å². The standard InChI is InChI=1S/C15H23N5O2/c1-3-18(4-2)13(21)12-14(22)19-8-10-20(11-9-19)15-16-6-5-7-17-15/h5-7H,3-4,8-12H2,1-2H3. The number of anilines is 1. The predicted octanol–water partition coefficient (Wildman–Crippen LogP) is 0.384. The molecule has 7 heteroatoms. The Morgan fingerprint density at radius 3 is 2.23 bits per heavy atom. The molecule has 2 heterocycles. The molecule has 0 N–H and O–H groups in total. The second kappa shape index (κ2) is 7.72. The number of nitrogens with zero attached hydrogens (tertiary/aromatic N) is 5. The van der Waals surface area contributed by atoms with Gasteiger partial charge in [-0.05, 0) is 19.9 Å². The summed E-state index contributed by atoms with van der Waals surface area (Å²) in [5, 5.41) is 0. The molecular formula is C15H23N5O2. The summed E-state index contributed by atoms with van der Waals surface area (Å²) < 4.78 is 0. The summed E-state index contributed by atoms with van der Waals surface area (Å²) in [6, 6.07) is 1.78. The van der Waals surface area contributed by atoms with Crippen LogP contribution < -0.4 is 4.90 Å². The fourth-order valence-corrected chi connectivity index (χ4v) is 2.54. The van der Waals surface area contributed by atoms with E-state index in [0.29, 0.717) is 45.2 Å². The van der Waals surface area contributed by atoms with Crippen molar-refractivity contribution >= 4 is 17.8 Å². The van der Waals surface area contributed by atoms with Gasteiger partial charge in [0.05, 0.1) is 0 Å². The van der Waals surface area contributed by atoms with Gasteiger partial charge in [0.25, 0.3) is 0 Å². The van der Waals surface area contributed by atoms with Crippen molar-refractivity contribution in [1.29, 1.82) is 0 Å². The minimum Gasteiger partial charge on any atom is -0.343 e. The number of amides is 2. The lowest BCUT2D eigenvalue weighted by Crippen LogP contribution is -2.50. The molecule has 0 aromatic carbocycles. The lowest BCUT2D eigenvalue weighted by atomic mass is 10.2. The van der Waals surface area contributed by atoms with Gasteiger partial charge in [-0.2, -0.15) is 0 Å². The molecule has 0 spiro atoms. The average molecular weight is 305 g/mol. The van der Waals surface area contributed by atoms with Gasteiger partial charge in [0.1, 0.15) is 6.42 Å². The second-order valence-electron chi connectivity index (χ2n) is 5.16. The molecule has 0 aliphatic carbocycles. The third-order valence-corrected chi connectivity index (χ3v) is 3.89. The van der Waals surface area contributed by atoms with Gasteiger partial charge in [0.2, 0.25) is 17.8 Å². The van der Waals surface area contributed by atoms with E-state index in [4.69, 9.17) is 0 Å². The maximum atomic E-state index is 12.2. The first-order valence-corrected chi connectivity index (χ1v) is 7.73. The first kappa shape index (κ1) is 16.2. The Labute approximate surface area is 130 Å². The predicted molar refractivity (Wildman–Crippen MR) is 83.4 cm³/mol. The van der Waals surface area contributed by atoms with Gasteiger partial charge >= 0.3 is 0 Å². The number of carbonyl (C=O) groups excluding carboxylic acids is 2. The van der Waals surface area contributed by atoms with E-state index in [2.05, 4.69) is 14.9 Å². The fraction of sp³-hybridized carbons (Fsp3) is 0.600. The summed E-state index contributed by atoms with van der Waals surface area (Å²) in [5.41, 5.74) is 0. The van der Waals surface area contributed by atoms with Crippen LogP contribution in [0.2, 0.25) is 0 Å². The Kier molecular flexibility index (Phi) is 5.68. The van der Waals surface area contributed by atoms with Crippen molar-refractivity contribution in [2.45, 2.75) is 20.3 Å². The Hall–Kier alpha value is -2.18. The lowest BCUT2D eigenvalue weighted by molar-refractivity contribution is -0.140. The molecule has 120 valence electrons. The highest BCUT2D eigenvalue weighted by atomic mass is 16.2. The summed E-state index contributed by atoms with van der Waals surface area (Å²) in [4.78, 5) is 38.1. The van der Waals surface area contributed by atoms with Crippen LogP contribution >= 0.6 is 0 Å². The number of aromatic nitrogens is 2. The van der Waals surface area contributed by atoms with Gasteiger partial charge in [0.15, 0.2) is 0 Å². The first-order chi connectivity index (χ1) is 10.7. The zero-order valence-electron chi connectivity index (χ0n) is 13.2. The topological polar surface area (TPSA) is 69.6 Å². The van der Waals surface area contributed by atoms with Gasteiger partial charge in [-0.25, -0.2) is 9.97 Å². The molecule has 0 unspecified atom stereocenters. The lowest BCUT2D eigenvalue weighted by Gasteiger charge is -2.34. The van der Waals surface area contributed by atoms with E-state index in [9.17, 15) is 9.59 Å². The van der Waals surface area contributed by atoms with E-state index in [1.54, 1.807) is 28.3 Å². The van der Waals surface area contributed by atoms with Crippen molar-refractivity contribution in [3.05, 3.63) is 18.5 Å². The highest BCUT2D eigenvalue weighted by molar-refractivity contribution is 5.97. The Morgan fingerprint density at radius 2 is 1.68 bits per heavy atom. The fourth-order valence-electron chi connectivity index (χ4n) is 2.54. The molecule has 2 amide bonds. The van der Waals surface area contributed by atoms with Crippen LogP contribution in [0.3, 0.4) is 0 Å². The Bertz CT molecular complexity index is 496. The SMILES string of the molecule is CCN(CC)C(=O)CC(=O)N1CCN(c2ncccn2)CC1. The summed E-state index contributed by atoms with van der Waals surface area (Å²) in [7, 11) is 0. The average Bonchev–Trinajstić information content (AvgIpc) is 2.57. The minimum absolute atomic E-state index is 0.0382. The molecule has 1 aromatic heterocycles. The van der Waals surface area contributed by atoms with Crippen LogP contribution in [0.5, 0.6) is 0 Å². The molecule has 0 radical (unpaired) electrons. The van der Waals surface area contributed by atoms with Crippen molar-refractivity contribution < 1.29 is 9.59 Å². The van der Waals surface area contributed by atoms with E-state index in [1.165, 1.54) is 0 Å². The molecule has 0 saturated carbocycles. The number of hydrogen-bond acceptors (Lipinski definition) is 5. The van der Waals surface area contributed by atoms with E-state index < -0.39 is 0 Å². The third-order valence-electron chi connectivity index (χ3n) is 3.89. The number of carbonyl (C=O) groups is 2. The van der Waals surface area contributed by atoms with Gasteiger partial charge in [-0.15, -0.1) is 0 Å².